The molecule has 2 aromatic heterocycles. The van der Waals surface area contributed by atoms with Crippen LogP contribution in [-0.4, -0.2) is 29.6 Å². The van der Waals surface area contributed by atoms with Crippen molar-refractivity contribution in [2.75, 3.05) is 21.6 Å². The number of benzene rings is 2. The zero-order valence-electron chi connectivity index (χ0n) is 16.6. The average Bonchev–Trinajstić information content (AvgIpc) is 3.09. The molecule has 4 rings (SSSR count). The monoisotopic (exact) mass is 440 g/mol. The van der Waals surface area contributed by atoms with Gasteiger partial charge in [0.2, 0.25) is 10.0 Å². The van der Waals surface area contributed by atoms with Gasteiger partial charge in [-0.2, -0.15) is 0 Å². The number of hydrogen-bond acceptors (Lipinski definition) is 8. The molecule has 0 fully saturated rings. The maximum absolute atomic E-state index is 11.3. The first-order valence-corrected chi connectivity index (χ1v) is 11.8. The molecule has 0 radical (unpaired) electrons. The van der Waals surface area contributed by atoms with Crippen molar-refractivity contribution in [3.8, 4) is 0 Å². The lowest BCUT2D eigenvalue weighted by Gasteiger charge is -2.09. The van der Waals surface area contributed by atoms with Crippen LogP contribution in [-0.2, 0) is 10.0 Å². The Kier molecular flexibility index (Phi) is 5.27. The van der Waals surface area contributed by atoms with E-state index in [0.717, 1.165) is 38.7 Å². The Hall–Kier alpha value is -3.24. The average molecular weight is 441 g/mol. The van der Waals surface area contributed by atoms with Gasteiger partial charge in [-0.05, 0) is 49.2 Å². The topological polar surface area (TPSA) is 109 Å². The molecule has 0 aliphatic carbocycles. The first-order chi connectivity index (χ1) is 14.3. The SMILES string of the molecule is Cc1cccc(C)c1Nc1nc2c(Nc3ccc(NS(C)(=O)=O)cc3)ncnc2s1. The molecule has 0 atom stereocenters. The molecule has 0 bridgehead atoms. The van der Waals surface area contributed by atoms with Crippen molar-refractivity contribution in [2.24, 2.45) is 0 Å². The zero-order chi connectivity index (χ0) is 21.3. The molecular weight excluding hydrogens is 420 g/mol. The molecule has 0 aliphatic heterocycles. The Labute approximate surface area is 178 Å². The van der Waals surface area contributed by atoms with Gasteiger partial charge in [-0.15, -0.1) is 0 Å². The lowest BCUT2D eigenvalue weighted by Crippen LogP contribution is -2.09. The zero-order valence-corrected chi connectivity index (χ0v) is 18.2. The molecule has 8 nitrogen and oxygen atoms in total. The van der Waals surface area contributed by atoms with Crippen molar-refractivity contribution in [3.05, 3.63) is 59.9 Å². The third-order valence-corrected chi connectivity index (χ3v) is 5.84. The summed E-state index contributed by atoms with van der Waals surface area (Å²) in [6, 6.07) is 13.0. The number of aromatic nitrogens is 3. The number of hydrogen-bond donors (Lipinski definition) is 3. The van der Waals surface area contributed by atoms with Crippen molar-refractivity contribution in [1.29, 1.82) is 0 Å². The van der Waals surface area contributed by atoms with Crippen LogP contribution in [0.2, 0.25) is 0 Å². The Morgan fingerprint density at radius 2 is 1.57 bits per heavy atom. The molecule has 154 valence electrons. The summed E-state index contributed by atoms with van der Waals surface area (Å²) in [4.78, 5) is 14.1. The summed E-state index contributed by atoms with van der Waals surface area (Å²) in [5.41, 5.74) is 5.22. The molecule has 10 heteroatoms. The summed E-state index contributed by atoms with van der Waals surface area (Å²) in [5, 5.41) is 7.36. The van der Waals surface area contributed by atoms with Crippen LogP contribution in [0, 0.1) is 13.8 Å². The van der Waals surface area contributed by atoms with E-state index in [1.54, 1.807) is 24.3 Å². The fourth-order valence-corrected chi connectivity index (χ4v) is 4.37. The predicted octanol–water partition coefficient (Wildman–Crippen LogP) is 4.56. The fraction of sp³-hybridized carbons (Fsp3) is 0.150. The van der Waals surface area contributed by atoms with Gasteiger partial charge in [0.15, 0.2) is 15.8 Å². The van der Waals surface area contributed by atoms with E-state index in [9.17, 15) is 8.42 Å². The van der Waals surface area contributed by atoms with Crippen LogP contribution < -0.4 is 15.4 Å². The number of rotatable bonds is 6. The number of nitrogens with zero attached hydrogens (tertiary/aromatic N) is 3. The van der Waals surface area contributed by atoms with Gasteiger partial charge in [-0.3, -0.25) is 4.72 Å². The van der Waals surface area contributed by atoms with E-state index < -0.39 is 10.0 Å². The largest absolute Gasteiger partial charge is 0.338 e. The molecule has 4 aromatic rings. The Bertz CT molecular complexity index is 1300. The molecule has 0 amide bonds. The quantitative estimate of drug-likeness (QED) is 0.403. The standard InChI is InChI=1S/C20H20N6O2S2/c1-12-5-4-6-13(2)16(12)24-20-25-17-18(21-11-22-19(17)29-20)23-14-7-9-15(10-8-14)26-30(3,27)28/h4-11,26H,1-3H3,(H,24,25)(H,21,22,23). The number of sulfonamides is 1. The Morgan fingerprint density at radius 3 is 2.23 bits per heavy atom. The number of para-hydroxylation sites is 1. The van der Waals surface area contributed by atoms with Crippen LogP contribution >= 0.6 is 11.3 Å². The molecule has 0 saturated heterocycles. The van der Waals surface area contributed by atoms with Crippen molar-refractivity contribution in [2.45, 2.75) is 13.8 Å². The van der Waals surface area contributed by atoms with Crippen LogP contribution in [0.1, 0.15) is 11.1 Å². The second-order valence-electron chi connectivity index (χ2n) is 6.86. The molecule has 0 unspecified atom stereocenters. The van der Waals surface area contributed by atoms with E-state index in [0.29, 0.717) is 17.0 Å². The smallest absolute Gasteiger partial charge is 0.229 e. The van der Waals surface area contributed by atoms with Crippen LogP contribution in [0.3, 0.4) is 0 Å². The van der Waals surface area contributed by atoms with E-state index >= 15 is 0 Å². The molecule has 0 spiro atoms. The molecule has 0 saturated carbocycles. The van der Waals surface area contributed by atoms with Crippen molar-refractivity contribution < 1.29 is 8.42 Å². The highest BCUT2D eigenvalue weighted by atomic mass is 32.2. The second kappa shape index (κ2) is 7.88. The minimum Gasteiger partial charge on any atom is -0.338 e. The van der Waals surface area contributed by atoms with Gasteiger partial charge in [0.05, 0.1) is 6.26 Å². The fourth-order valence-electron chi connectivity index (χ4n) is 2.99. The van der Waals surface area contributed by atoms with Crippen LogP contribution in [0.4, 0.5) is 28.0 Å². The van der Waals surface area contributed by atoms with Gasteiger partial charge < -0.3 is 10.6 Å². The predicted molar refractivity (Wildman–Crippen MR) is 123 cm³/mol. The number of anilines is 5. The Balaban J connectivity index is 1.60. The number of nitrogens with one attached hydrogen (secondary N) is 3. The summed E-state index contributed by atoms with van der Waals surface area (Å²) in [5.74, 6) is 0.578. The van der Waals surface area contributed by atoms with Crippen molar-refractivity contribution >= 4 is 59.7 Å². The minimum atomic E-state index is -3.31. The van der Waals surface area contributed by atoms with E-state index in [1.165, 1.54) is 17.7 Å². The lowest BCUT2D eigenvalue weighted by atomic mass is 10.1. The lowest BCUT2D eigenvalue weighted by molar-refractivity contribution is 0.607. The van der Waals surface area contributed by atoms with Gasteiger partial charge in [-0.1, -0.05) is 29.5 Å². The van der Waals surface area contributed by atoms with Crippen molar-refractivity contribution in [3.63, 3.8) is 0 Å². The molecule has 2 heterocycles. The summed E-state index contributed by atoms with van der Waals surface area (Å²) in [7, 11) is -3.31. The molecular formula is C20H20N6O2S2. The van der Waals surface area contributed by atoms with Crippen molar-refractivity contribution in [1.82, 2.24) is 15.0 Å². The van der Waals surface area contributed by atoms with Gasteiger partial charge in [0, 0.05) is 17.1 Å². The summed E-state index contributed by atoms with van der Waals surface area (Å²) in [6.07, 6.45) is 2.61. The van der Waals surface area contributed by atoms with Gasteiger partial charge >= 0.3 is 0 Å². The van der Waals surface area contributed by atoms with Crippen LogP contribution in [0.5, 0.6) is 0 Å². The molecule has 2 aromatic carbocycles. The van der Waals surface area contributed by atoms with Crippen LogP contribution in [0.25, 0.3) is 10.3 Å². The van der Waals surface area contributed by atoms with E-state index in [2.05, 4.69) is 56.3 Å². The van der Waals surface area contributed by atoms with E-state index in [1.807, 2.05) is 6.07 Å². The summed E-state index contributed by atoms with van der Waals surface area (Å²) >= 11 is 1.45. The first-order valence-electron chi connectivity index (χ1n) is 9.08. The van der Waals surface area contributed by atoms with E-state index in [4.69, 9.17) is 0 Å². The first kappa shape index (κ1) is 20.0. The molecule has 0 aliphatic rings. The number of thiazole rings is 1. The normalized spacial score (nSPS) is 11.4. The highest BCUT2D eigenvalue weighted by Crippen LogP contribution is 2.33. The maximum atomic E-state index is 11.3. The van der Waals surface area contributed by atoms with Gasteiger partial charge in [-0.25, -0.2) is 23.4 Å². The van der Waals surface area contributed by atoms with Crippen LogP contribution in [0.15, 0.2) is 48.8 Å². The van der Waals surface area contributed by atoms with Gasteiger partial charge in [0.25, 0.3) is 0 Å². The third kappa shape index (κ3) is 4.50. The summed E-state index contributed by atoms with van der Waals surface area (Å²) in [6.45, 7) is 4.11. The third-order valence-electron chi connectivity index (χ3n) is 4.36. The maximum Gasteiger partial charge on any atom is 0.229 e. The minimum absolute atomic E-state index is 0.490. The molecule has 30 heavy (non-hydrogen) atoms. The van der Waals surface area contributed by atoms with E-state index in [-0.39, 0.29) is 0 Å². The van der Waals surface area contributed by atoms with Gasteiger partial charge in [0.1, 0.15) is 11.8 Å². The second-order valence-corrected chi connectivity index (χ2v) is 9.59. The highest BCUT2D eigenvalue weighted by molar-refractivity contribution is 7.92. The molecule has 3 N–H and O–H groups in total. The highest BCUT2D eigenvalue weighted by Gasteiger charge is 2.13. The number of fused-ring (bicyclic) bond motifs is 1. The summed E-state index contributed by atoms with van der Waals surface area (Å²) < 4.78 is 25.1. The number of aryl methyl sites for hydroxylation is 2. The Morgan fingerprint density at radius 1 is 0.900 bits per heavy atom.